The molecule has 0 heterocycles. The van der Waals surface area contributed by atoms with Gasteiger partial charge in [-0.1, -0.05) is 72.8 Å². The second-order valence-corrected chi connectivity index (χ2v) is 11.6. The van der Waals surface area contributed by atoms with Gasteiger partial charge < -0.3 is 4.74 Å². The predicted molar refractivity (Wildman–Crippen MR) is 150 cm³/mol. The molecule has 0 fully saturated rings. The molecule has 35 heavy (non-hydrogen) atoms. The van der Waals surface area contributed by atoms with E-state index in [0.29, 0.717) is 0 Å². The molecule has 4 aromatic rings. The summed E-state index contributed by atoms with van der Waals surface area (Å²) < 4.78 is 37.6. The minimum absolute atomic E-state index is 0.0747. The van der Waals surface area contributed by atoms with Crippen LogP contribution in [0.1, 0.15) is 31.9 Å². The summed E-state index contributed by atoms with van der Waals surface area (Å²) in [7, 11) is -4.09. The van der Waals surface area contributed by atoms with Gasteiger partial charge in [0.15, 0.2) is 0 Å². The first kappa shape index (κ1) is 26.9. The van der Waals surface area contributed by atoms with Crippen molar-refractivity contribution in [3.63, 3.8) is 0 Å². The Morgan fingerprint density at radius 3 is 1.83 bits per heavy atom. The van der Waals surface area contributed by atoms with E-state index in [-0.39, 0.29) is 10.5 Å². The van der Waals surface area contributed by atoms with Crippen LogP contribution in [-0.2, 0) is 16.5 Å². The van der Waals surface area contributed by atoms with Gasteiger partial charge >= 0.3 is 0 Å². The molecule has 4 nitrogen and oxygen atoms in total. The van der Waals surface area contributed by atoms with Crippen LogP contribution in [0.3, 0.4) is 0 Å². The molecule has 0 spiro atoms. The maximum atomic E-state index is 10.9. The van der Waals surface area contributed by atoms with Crippen molar-refractivity contribution in [2.75, 3.05) is 0 Å². The molecule has 0 aromatic heterocycles. The Kier molecular flexibility index (Phi) is 9.10. The summed E-state index contributed by atoms with van der Waals surface area (Å²) in [5.74, 6) is 0.914. The Morgan fingerprint density at radius 1 is 0.743 bits per heavy atom. The Bertz CT molecular complexity index is 1330. The fourth-order valence-electron chi connectivity index (χ4n) is 3.36. The van der Waals surface area contributed by atoms with Crippen LogP contribution < -0.4 is 4.74 Å². The average molecular weight is 601 g/mol. The largest absolute Gasteiger partial charge is 0.488 e. The monoisotopic (exact) mass is 600 g/mol. The third-order valence-corrected chi connectivity index (χ3v) is 6.74. The fraction of sp³-hybridized carbons (Fsp3) is 0.172. The molecule has 6 heteroatoms. The number of benzene rings is 4. The van der Waals surface area contributed by atoms with Gasteiger partial charge in [0.1, 0.15) is 11.4 Å². The Morgan fingerprint density at radius 2 is 1.29 bits per heavy atom. The highest BCUT2D eigenvalue weighted by Crippen LogP contribution is 2.27. The number of ether oxygens (including phenoxy) is 1. The summed E-state index contributed by atoms with van der Waals surface area (Å²) in [6.45, 7) is 6.17. The molecule has 0 aliphatic carbocycles. The normalized spacial score (nSPS) is 11.3. The van der Waals surface area contributed by atoms with E-state index in [9.17, 15) is 8.42 Å². The minimum atomic E-state index is -4.09. The van der Waals surface area contributed by atoms with Gasteiger partial charge in [0, 0.05) is 3.57 Å². The standard InChI is InChI=1S/C16H17IO.C13H12O3S/c1-16(2,3)18-13-10-8-12(9-11-13)14-6-4-5-7-15(14)17;14-17(15,16)13-8-6-12(7-9-13)10-11-4-2-1-3-5-11/h4-11H,1-3H3;1-9H,10H2,(H,14,15,16). The van der Waals surface area contributed by atoms with Gasteiger partial charge in [-0.25, -0.2) is 0 Å². The molecule has 4 aromatic carbocycles. The lowest BCUT2D eigenvalue weighted by Gasteiger charge is -2.21. The van der Waals surface area contributed by atoms with Crippen molar-refractivity contribution in [1.82, 2.24) is 0 Å². The van der Waals surface area contributed by atoms with Gasteiger partial charge in [0.05, 0.1) is 4.90 Å². The van der Waals surface area contributed by atoms with Crippen LogP contribution in [0.2, 0.25) is 0 Å². The molecule has 182 valence electrons. The molecule has 0 saturated heterocycles. The Labute approximate surface area is 221 Å². The van der Waals surface area contributed by atoms with E-state index in [0.717, 1.165) is 23.3 Å². The number of halogens is 1. The van der Waals surface area contributed by atoms with Crippen LogP contribution in [0.15, 0.2) is 108 Å². The lowest BCUT2D eigenvalue weighted by atomic mass is 10.1. The topological polar surface area (TPSA) is 63.6 Å². The van der Waals surface area contributed by atoms with Crippen molar-refractivity contribution in [3.05, 3.63) is 118 Å². The third kappa shape index (κ3) is 8.80. The van der Waals surface area contributed by atoms with E-state index in [1.807, 2.05) is 42.5 Å². The average Bonchev–Trinajstić information content (AvgIpc) is 2.80. The molecule has 1 N–H and O–H groups in total. The van der Waals surface area contributed by atoms with E-state index >= 15 is 0 Å². The van der Waals surface area contributed by atoms with Crippen molar-refractivity contribution in [2.45, 2.75) is 37.7 Å². The van der Waals surface area contributed by atoms with E-state index in [2.05, 4.69) is 79.8 Å². The summed E-state index contributed by atoms with van der Waals surface area (Å²) in [5, 5.41) is 0. The zero-order valence-corrected chi connectivity index (χ0v) is 23.0. The first-order valence-corrected chi connectivity index (χ1v) is 13.7. The summed E-state index contributed by atoms with van der Waals surface area (Å²) in [6, 6.07) is 32.8. The molecule has 0 radical (unpaired) electrons. The summed E-state index contributed by atoms with van der Waals surface area (Å²) in [5.41, 5.74) is 4.50. The second-order valence-electron chi connectivity index (χ2n) is 9.00. The highest BCUT2D eigenvalue weighted by molar-refractivity contribution is 14.1. The Balaban J connectivity index is 0.000000196. The van der Waals surface area contributed by atoms with Gasteiger partial charge in [-0.2, -0.15) is 8.42 Å². The van der Waals surface area contributed by atoms with Gasteiger partial charge in [0.25, 0.3) is 10.1 Å². The first-order valence-electron chi connectivity index (χ1n) is 11.2. The minimum Gasteiger partial charge on any atom is -0.488 e. The van der Waals surface area contributed by atoms with E-state index in [1.54, 1.807) is 12.1 Å². The van der Waals surface area contributed by atoms with Crippen LogP contribution in [-0.4, -0.2) is 18.6 Å². The molecule has 0 atom stereocenters. The second kappa shape index (κ2) is 11.8. The maximum absolute atomic E-state index is 10.9. The zero-order chi connectivity index (χ0) is 25.5. The van der Waals surface area contributed by atoms with Crippen molar-refractivity contribution < 1.29 is 17.7 Å². The molecular weight excluding hydrogens is 571 g/mol. The third-order valence-electron chi connectivity index (χ3n) is 4.94. The lowest BCUT2D eigenvalue weighted by Crippen LogP contribution is -2.22. The molecule has 0 unspecified atom stereocenters. The summed E-state index contributed by atoms with van der Waals surface area (Å²) >= 11 is 2.36. The van der Waals surface area contributed by atoms with Crippen LogP contribution in [0.4, 0.5) is 0 Å². The number of hydrogen-bond donors (Lipinski definition) is 1. The van der Waals surface area contributed by atoms with Crippen molar-refractivity contribution in [3.8, 4) is 16.9 Å². The van der Waals surface area contributed by atoms with Gasteiger partial charge in [-0.05, 0) is 102 Å². The highest BCUT2D eigenvalue weighted by atomic mass is 127. The van der Waals surface area contributed by atoms with Crippen LogP contribution >= 0.6 is 22.6 Å². The van der Waals surface area contributed by atoms with Gasteiger partial charge in [0.2, 0.25) is 0 Å². The summed E-state index contributed by atoms with van der Waals surface area (Å²) in [4.78, 5) is -0.0747. The fourth-order valence-corrected chi connectivity index (χ4v) is 4.54. The Hall–Kier alpha value is -2.68. The van der Waals surface area contributed by atoms with Gasteiger partial charge in [-0.3, -0.25) is 4.55 Å². The quantitative estimate of drug-likeness (QED) is 0.189. The zero-order valence-electron chi connectivity index (χ0n) is 20.0. The van der Waals surface area contributed by atoms with Crippen LogP contribution in [0, 0.1) is 3.57 Å². The van der Waals surface area contributed by atoms with Gasteiger partial charge in [-0.15, -0.1) is 0 Å². The number of hydrogen-bond acceptors (Lipinski definition) is 3. The van der Waals surface area contributed by atoms with E-state index in [1.165, 1.54) is 26.8 Å². The van der Waals surface area contributed by atoms with Crippen molar-refractivity contribution >= 4 is 32.7 Å². The van der Waals surface area contributed by atoms with Crippen LogP contribution in [0.5, 0.6) is 5.75 Å². The maximum Gasteiger partial charge on any atom is 0.294 e. The van der Waals surface area contributed by atoms with Crippen LogP contribution in [0.25, 0.3) is 11.1 Å². The first-order chi connectivity index (χ1) is 16.5. The molecule has 0 amide bonds. The predicted octanol–water partition coefficient (Wildman–Crippen LogP) is 7.66. The molecule has 0 aliphatic rings. The van der Waals surface area contributed by atoms with E-state index < -0.39 is 10.1 Å². The highest BCUT2D eigenvalue weighted by Gasteiger charge is 2.12. The lowest BCUT2D eigenvalue weighted by molar-refractivity contribution is 0.131. The molecular formula is C29H29IO4S. The molecule has 4 rings (SSSR count). The molecule has 0 aliphatic heterocycles. The van der Waals surface area contributed by atoms with Crippen molar-refractivity contribution in [1.29, 1.82) is 0 Å². The molecule has 0 bridgehead atoms. The van der Waals surface area contributed by atoms with E-state index in [4.69, 9.17) is 9.29 Å². The molecule has 0 saturated carbocycles. The van der Waals surface area contributed by atoms with Crippen molar-refractivity contribution in [2.24, 2.45) is 0 Å². The number of rotatable bonds is 5. The smallest absolute Gasteiger partial charge is 0.294 e. The summed E-state index contributed by atoms with van der Waals surface area (Å²) in [6.07, 6.45) is 0.743. The SMILES string of the molecule is CC(C)(C)Oc1ccc(-c2ccccc2I)cc1.O=S(=O)(O)c1ccc(Cc2ccccc2)cc1.